The van der Waals surface area contributed by atoms with Crippen LogP contribution in [-0.4, -0.2) is 57.8 Å². The van der Waals surface area contributed by atoms with Crippen LogP contribution >= 0.6 is 7.82 Å². The number of ether oxygens (including phenoxy) is 2. The minimum Gasteiger partial charge on any atom is -0.463 e. The maximum Gasteiger partial charge on any atom is 0.476 e. The highest BCUT2D eigenvalue weighted by Crippen LogP contribution is 2.77. The number of nitrogens with two attached hydrogens (primary N) is 1. The molecule has 3 fully saturated rings. The van der Waals surface area contributed by atoms with Crippen LogP contribution in [0.15, 0.2) is 21.9 Å². The zero-order valence-electron chi connectivity index (χ0n) is 17.0. The first-order valence-corrected chi connectivity index (χ1v) is 11.1. The van der Waals surface area contributed by atoms with E-state index < -0.39 is 79.9 Å². The second kappa shape index (κ2) is 7.32. The van der Waals surface area contributed by atoms with Crippen molar-refractivity contribution >= 4 is 13.8 Å². The van der Waals surface area contributed by atoms with E-state index >= 15 is 0 Å². The number of aromatic nitrogens is 2. The number of H-pyrrole nitrogens is 1. The zero-order chi connectivity index (χ0) is 22.8. The first-order chi connectivity index (χ1) is 14.4. The molecule has 1 aliphatic carbocycles. The van der Waals surface area contributed by atoms with Crippen LogP contribution in [-0.2, 0) is 32.4 Å². The summed E-state index contributed by atoms with van der Waals surface area (Å²) in [7, 11) is -4.20. The Balaban J connectivity index is 1.43. The summed E-state index contributed by atoms with van der Waals surface area (Å²) in [5.74, 6) is -0.757. The van der Waals surface area contributed by atoms with Crippen LogP contribution in [0, 0.1) is 0 Å². The number of nitrogens with one attached hydrogen (secondary N) is 1. The van der Waals surface area contributed by atoms with E-state index in [1.807, 2.05) is 0 Å². The maximum absolute atomic E-state index is 14.0. The number of hydrogen-bond donors (Lipinski definition) is 2. The van der Waals surface area contributed by atoms with Crippen molar-refractivity contribution < 1.29 is 36.8 Å². The number of phosphoric acid groups is 1. The molecule has 7 atom stereocenters. The number of carbonyl (C=O) groups excluding carboxylic acids is 1. The van der Waals surface area contributed by atoms with Gasteiger partial charge in [0.2, 0.25) is 0 Å². The molecule has 0 aromatic carbocycles. The van der Waals surface area contributed by atoms with Crippen LogP contribution in [0.1, 0.15) is 33.4 Å². The van der Waals surface area contributed by atoms with Gasteiger partial charge in [0.1, 0.15) is 18.4 Å². The molecule has 1 saturated carbocycles. The van der Waals surface area contributed by atoms with Crippen LogP contribution in [0.2, 0.25) is 0 Å². The third-order valence-corrected chi connectivity index (χ3v) is 6.90. The summed E-state index contributed by atoms with van der Waals surface area (Å²) in [5.41, 5.74) is 2.30. The van der Waals surface area contributed by atoms with E-state index in [4.69, 9.17) is 28.8 Å². The molecule has 1 unspecified atom stereocenters. The molecule has 0 bridgehead atoms. The number of hydrogen-bond acceptors (Lipinski definition) is 10. The lowest BCUT2D eigenvalue weighted by Crippen LogP contribution is -2.57. The average Bonchev–Trinajstić information content (AvgIpc) is 2.96. The number of carbonyl (C=O) groups is 1. The Kier molecular flexibility index (Phi) is 5.27. The summed E-state index contributed by atoms with van der Waals surface area (Å²) in [5, 5.41) is 0. The predicted octanol–water partition coefficient (Wildman–Crippen LogP) is 0.124. The highest BCUT2D eigenvalue weighted by atomic mass is 31.2. The zero-order valence-corrected chi connectivity index (χ0v) is 17.9. The summed E-state index contributed by atoms with van der Waals surface area (Å²) in [6.45, 7) is 4.06. The lowest BCUT2D eigenvalue weighted by molar-refractivity contribution is -0.149. The molecule has 1 spiro atoms. The molecule has 0 amide bonds. The van der Waals surface area contributed by atoms with Gasteiger partial charge in [0.25, 0.3) is 5.56 Å². The van der Waals surface area contributed by atoms with Gasteiger partial charge in [-0.2, -0.15) is 0 Å². The van der Waals surface area contributed by atoms with Crippen molar-refractivity contribution in [1.82, 2.24) is 9.55 Å². The van der Waals surface area contributed by atoms with Gasteiger partial charge in [0.15, 0.2) is 11.8 Å². The normalized spacial score (nSPS) is 39.2. The van der Waals surface area contributed by atoms with Gasteiger partial charge in [-0.1, -0.05) is 0 Å². The lowest BCUT2D eigenvalue weighted by Gasteiger charge is -2.33. The average molecular weight is 463 g/mol. The van der Waals surface area contributed by atoms with Gasteiger partial charge in [0, 0.05) is 12.3 Å². The summed E-state index contributed by atoms with van der Waals surface area (Å²) in [6.07, 6.45) is -4.16. The topological polar surface area (TPSA) is 161 Å². The van der Waals surface area contributed by atoms with E-state index in [0.717, 1.165) is 10.6 Å². The molecule has 3 heterocycles. The molecule has 12 nitrogen and oxygen atoms in total. The third kappa shape index (κ3) is 3.59. The third-order valence-electron chi connectivity index (χ3n) is 5.42. The minimum atomic E-state index is -4.20. The Morgan fingerprint density at radius 3 is 2.77 bits per heavy atom. The quantitative estimate of drug-likeness (QED) is 0.420. The highest BCUT2D eigenvalue weighted by Gasteiger charge is 2.89. The van der Waals surface area contributed by atoms with E-state index in [-0.39, 0.29) is 0 Å². The van der Waals surface area contributed by atoms with Gasteiger partial charge in [-0.25, -0.2) is 13.8 Å². The molecule has 0 radical (unpaired) electrons. The van der Waals surface area contributed by atoms with Crippen molar-refractivity contribution in [2.45, 2.75) is 69.0 Å². The predicted molar refractivity (Wildman–Crippen MR) is 101 cm³/mol. The standard InChI is InChI=1S/C17H23FN3O9P/c1-8(2)27-11(23)6-9(18)7-26-31(25)29-13-12-17(13,30-31)16(3,19)14(28-12)21-5-4-10(22)20-15(21)24/h4-5,8-9,12-14H,6-7,19H2,1-3H3,(H,20,22,24)/t9-,12+,13?,14+,16-,17-,31-/m0/s1. The number of phosphoric ester groups is 1. The van der Waals surface area contributed by atoms with Crippen molar-refractivity contribution in [2.24, 2.45) is 5.73 Å². The van der Waals surface area contributed by atoms with Crippen LogP contribution in [0.4, 0.5) is 4.39 Å². The lowest BCUT2D eigenvalue weighted by atomic mass is 9.92. The molecule has 14 heteroatoms. The van der Waals surface area contributed by atoms with E-state index in [1.54, 1.807) is 13.8 Å². The SMILES string of the molecule is CC(C)OC(=O)C[C@H](F)CO[P@@]1(=O)OC2[C@H]3O[C@@H](n4ccc(=O)[nH]c4=O)[C@](C)(N)[C@@]23O1. The first-order valence-electron chi connectivity index (χ1n) is 9.63. The van der Waals surface area contributed by atoms with Crippen LogP contribution in [0.3, 0.4) is 0 Å². The van der Waals surface area contributed by atoms with Gasteiger partial charge < -0.3 is 15.2 Å². The maximum atomic E-state index is 14.0. The van der Waals surface area contributed by atoms with Crippen molar-refractivity contribution in [3.05, 3.63) is 33.1 Å². The van der Waals surface area contributed by atoms with Gasteiger partial charge in [0.05, 0.1) is 24.7 Å². The Morgan fingerprint density at radius 2 is 2.13 bits per heavy atom. The first kappa shape index (κ1) is 22.3. The number of esters is 1. The Bertz CT molecular complexity index is 1060. The van der Waals surface area contributed by atoms with Crippen molar-refractivity contribution in [1.29, 1.82) is 0 Å². The minimum absolute atomic E-state index is 0.392. The molecule has 1 aromatic rings. The van der Waals surface area contributed by atoms with E-state index in [9.17, 15) is 23.3 Å². The Morgan fingerprint density at radius 1 is 1.42 bits per heavy atom. The van der Waals surface area contributed by atoms with Crippen LogP contribution in [0.5, 0.6) is 0 Å². The van der Waals surface area contributed by atoms with Gasteiger partial charge >= 0.3 is 19.5 Å². The number of fused-ring (bicyclic) bond motifs is 1. The fourth-order valence-electron chi connectivity index (χ4n) is 3.99. The fraction of sp³-hybridized carbons (Fsp3) is 0.706. The van der Waals surface area contributed by atoms with Crippen molar-refractivity contribution in [2.75, 3.05) is 6.61 Å². The van der Waals surface area contributed by atoms with E-state index in [1.165, 1.54) is 13.1 Å². The van der Waals surface area contributed by atoms with E-state index in [2.05, 4.69) is 4.98 Å². The van der Waals surface area contributed by atoms with Crippen LogP contribution in [0.25, 0.3) is 0 Å². The largest absolute Gasteiger partial charge is 0.476 e. The summed E-state index contributed by atoms with van der Waals surface area (Å²) in [4.78, 5) is 37.1. The summed E-state index contributed by atoms with van der Waals surface area (Å²) < 4.78 is 54.5. The number of aromatic amines is 1. The molecule has 4 rings (SSSR count). The molecule has 3 N–H and O–H groups in total. The van der Waals surface area contributed by atoms with Crippen LogP contribution < -0.4 is 17.0 Å². The van der Waals surface area contributed by atoms with Gasteiger partial charge in [-0.15, -0.1) is 0 Å². The number of alkyl halides is 1. The summed E-state index contributed by atoms with van der Waals surface area (Å²) in [6, 6.07) is 1.13. The van der Waals surface area contributed by atoms with Crippen molar-refractivity contribution in [3.63, 3.8) is 0 Å². The van der Waals surface area contributed by atoms with Gasteiger partial charge in [-0.05, 0) is 20.8 Å². The van der Waals surface area contributed by atoms with Gasteiger partial charge in [-0.3, -0.25) is 32.7 Å². The summed E-state index contributed by atoms with van der Waals surface area (Å²) >= 11 is 0. The highest BCUT2D eigenvalue weighted by molar-refractivity contribution is 7.48. The number of nitrogens with zero attached hydrogens (tertiary/aromatic N) is 1. The molecule has 172 valence electrons. The molecular weight excluding hydrogens is 440 g/mol. The monoisotopic (exact) mass is 463 g/mol. The molecule has 1 aromatic heterocycles. The van der Waals surface area contributed by atoms with E-state index in [0.29, 0.717) is 0 Å². The molecule has 31 heavy (non-hydrogen) atoms. The molecule has 2 saturated heterocycles. The van der Waals surface area contributed by atoms with Crippen molar-refractivity contribution in [3.8, 4) is 0 Å². The number of halogens is 1. The second-order valence-corrected chi connectivity index (χ2v) is 9.75. The smallest absolute Gasteiger partial charge is 0.463 e. The fourth-order valence-corrected chi connectivity index (χ4v) is 5.81. The number of rotatable bonds is 7. The Hall–Kier alpha value is -1.89. The molecule has 3 aliphatic rings. The molecular formula is C17H23FN3O9P. The Labute approximate surface area is 175 Å². The molecule has 2 aliphatic heterocycles. The second-order valence-electron chi connectivity index (χ2n) is 8.20.